The molecule has 7 nitrogen and oxygen atoms in total. The normalized spacial score (nSPS) is 10.8. The third-order valence-corrected chi connectivity index (χ3v) is 5.13. The molecule has 4 rings (SSSR count). The molecule has 4 aromatic rings. The summed E-state index contributed by atoms with van der Waals surface area (Å²) in [5.41, 5.74) is 14.3. The van der Waals surface area contributed by atoms with Crippen LogP contribution in [-0.4, -0.2) is 22.2 Å². The predicted molar refractivity (Wildman–Crippen MR) is 121 cm³/mol. The Bertz CT molecular complexity index is 1340. The number of carbonyl (C=O) groups is 2. The number of amidine groups is 1. The van der Waals surface area contributed by atoms with Crippen molar-refractivity contribution in [1.82, 2.24) is 4.57 Å². The second-order valence-electron chi connectivity index (χ2n) is 7.33. The number of carbonyl (C=O) groups excluding carboxylic acids is 2. The van der Waals surface area contributed by atoms with E-state index in [0.29, 0.717) is 29.1 Å². The first-order valence-corrected chi connectivity index (χ1v) is 9.75. The molecule has 0 atom stereocenters. The number of halogens is 1. The van der Waals surface area contributed by atoms with Gasteiger partial charge in [0.05, 0.1) is 0 Å². The van der Waals surface area contributed by atoms with Gasteiger partial charge in [0.15, 0.2) is 0 Å². The smallest absolute Gasteiger partial charge is 0.272 e. The van der Waals surface area contributed by atoms with Gasteiger partial charge < -0.3 is 21.4 Å². The molecule has 0 aliphatic heterocycles. The highest BCUT2D eigenvalue weighted by Crippen LogP contribution is 2.24. The Morgan fingerprint density at radius 1 is 0.906 bits per heavy atom. The van der Waals surface area contributed by atoms with Crippen LogP contribution in [0.1, 0.15) is 32.0 Å². The predicted octanol–water partition coefficient (Wildman–Crippen LogP) is 3.46. The van der Waals surface area contributed by atoms with Gasteiger partial charge in [-0.15, -0.1) is 0 Å². The molecular formula is C24H20FN5O2. The fourth-order valence-electron chi connectivity index (χ4n) is 3.47. The molecule has 1 aromatic heterocycles. The van der Waals surface area contributed by atoms with Gasteiger partial charge in [-0.1, -0.05) is 24.3 Å². The highest BCUT2D eigenvalue weighted by molar-refractivity contribution is 6.07. The van der Waals surface area contributed by atoms with E-state index < -0.39 is 11.7 Å². The number of rotatable bonds is 6. The lowest BCUT2D eigenvalue weighted by atomic mass is 10.1. The molecule has 0 aliphatic rings. The van der Waals surface area contributed by atoms with Gasteiger partial charge in [-0.25, -0.2) is 4.39 Å². The number of aromatic nitrogens is 1. The van der Waals surface area contributed by atoms with Crippen LogP contribution < -0.4 is 16.8 Å². The average molecular weight is 429 g/mol. The van der Waals surface area contributed by atoms with Crippen LogP contribution in [0.25, 0.3) is 10.9 Å². The minimum Gasteiger partial charge on any atom is -0.384 e. The van der Waals surface area contributed by atoms with E-state index in [1.807, 2.05) is 0 Å². The van der Waals surface area contributed by atoms with E-state index in [2.05, 4.69) is 5.32 Å². The zero-order valence-corrected chi connectivity index (χ0v) is 16.9. The third kappa shape index (κ3) is 4.20. The number of nitrogens with zero attached hydrogens (tertiary/aromatic N) is 1. The summed E-state index contributed by atoms with van der Waals surface area (Å²) >= 11 is 0. The molecule has 0 bridgehead atoms. The molecule has 0 fully saturated rings. The standard InChI is InChI=1S/C24H20FN5O2/c25-18-7-9-19(10-8-18)29-24(32)21-11-16-5-6-17(22(26)27)12-20(16)30(21)13-14-1-3-15(4-2-14)23(28)31/h1-12H,13H2,(H3,26,27)(H2,28,31)(H,29,32). The minimum atomic E-state index is -0.520. The Labute approximate surface area is 183 Å². The minimum absolute atomic E-state index is 0.0808. The number of anilines is 1. The Balaban J connectivity index is 1.76. The fraction of sp³-hybridized carbons (Fsp3) is 0.0417. The molecule has 0 radical (unpaired) electrons. The summed E-state index contributed by atoms with van der Waals surface area (Å²) in [6.45, 7) is 0.329. The molecule has 0 saturated heterocycles. The largest absolute Gasteiger partial charge is 0.384 e. The molecule has 160 valence electrons. The van der Waals surface area contributed by atoms with Gasteiger partial charge >= 0.3 is 0 Å². The van der Waals surface area contributed by atoms with Crippen molar-refractivity contribution in [2.24, 2.45) is 11.5 Å². The summed E-state index contributed by atoms with van der Waals surface area (Å²) in [5.74, 6) is -1.37. The quantitative estimate of drug-likeness (QED) is 0.277. The van der Waals surface area contributed by atoms with Crippen molar-refractivity contribution in [3.63, 3.8) is 0 Å². The number of amides is 2. The van der Waals surface area contributed by atoms with E-state index in [0.717, 1.165) is 16.5 Å². The van der Waals surface area contributed by atoms with E-state index in [1.165, 1.54) is 24.3 Å². The van der Waals surface area contributed by atoms with Crippen molar-refractivity contribution >= 4 is 34.2 Å². The highest BCUT2D eigenvalue weighted by atomic mass is 19.1. The molecular weight excluding hydrogens is 409 g/mol. The number of hydrogen-bond donors (Lipinski definition) is 4. The molecule has 0 unspecified atom stereocenters. The van der Waals surface area contributed by atoms with E-state index in [1.54, 1.807) is 53.1 Å². The number of primary amides is 1. The van der Waals surface area contributed by atoms with Crippen LogP contribution in [0, 0.1) is 11.2 Å². The first-order chi connectivity index (χ1) is 15.3. The van der Waals surface area contributed by atoms with Crippen molar-refractivity contribution in [2.75, 3.05) is 5.32 Å². The first kappa shape index (κ1) is 20.8. The van der Waals surface area contributed by atoms with Gasteiger partial charge in [0.25, 0.3) is 5.91 Å². The second kappa shape index (κ2) is 8.35. The van der Waals surface area contributed by atoms with Gasteiger partial charge in [0.1, 0.15) is 17.3 Å². The van der Waals surface area contributed by atoms with Crippen LogP contribution in [0.4, 0.5) is 10.1 Å². The van der Waals surface area contributed by atoms with Crippen molar-refractivity contribution in [2.45, 2.75) is 6.54 Å². The molecule has 0 spiro atoms. The highest BCUT2D eigenvalue weighted by Gasteiger charge is 2.17. The molecule has 1 heterocycles. The monoisotopic (exact) mass is 429 g/mol. The van der Waals surface area contributed by atoms with Gasteiger partial charge in [0.2, 0.25) is 5.91 Å². The first-order valence-electron chi connectivity index (χ1n) is 9.75. The summed E-state index contributed by atoms with van der Waals surface area (Å²) in [7, 11) is 0. The SMILES string of the molecule is N=C(N)c1ccc2cc(C(=O)Nc3ccc(F)cc3)n(Cc3ccc(C(N)=O)cc3)c2c1. The molecule has 0 saturated carbocycles. The van der Waals surface area contributed by atoms with Crippen LogP contribution in [0.2, 0.25) is 0 Å². The van der Waals surface area contributed by atoms with E-state index in [-0.39, 0.29) is 11.7 Å². The summed E-state index contributed by atoms with van der Waals surface area (Å²) in [5, 5.41) is 11.3. The molecule has 6 N–H and O–H groups in total. The van der Waals surface area contributed by atoms with Crippen molar-refractivity contribution in [3.05, 3.63) is 101 Å². The van der Waals surface area contributed by atoms with Crippen LogP contribution in [0.3, 0.4) is 0 Å². The molecule has 32 heavy (non-hydrogen) atoms. The van der Waals surface area contributed by atoms with Crippen LogP contribution in [-0.2, 0) is 6.54 Å². The van der Waals surface area contributed by atoms with Crippen LogP contribution in [0.15, 0.2) is 72.8 Å². The van der Waals surface area contributed by atoms with Gasteiger partial charge in [-0.05, 0) is 54.1 Å². The van der Waals surface area contributed by atoms with Crippen molar-refractivity contribution in [1.29, 1.82) is 5.41 Å². The van der Waals surface area contributed by atoms with Gasteiger partial charge in [-0.3, -0.25) is 15.0 Å². The molecule has 3 aromatic carbocycles. The lowest BCUT2D eigenvalue weighted by Gasteiger charge is -2.12. The summed E-state index contributed by atoms with van der Waals surface area (Å²) in [4.78, 5) is 24.4. The van der Waals surface area contributed by atoms with E-state index >= 15 is 0 Å². The third-order valence-electron chi connectivity index (χ3n) is 5.13. The number of benzene rings is 3. The van der Waals surface area contributed by atoms with Crippen LogP contribution in [0.5, 0.6) is 0 Å². The Morgan fingerprint density at radius 3 is 2.19 bits per heavy atom. The summed E-state index contributed by atoms with van der Waals surface area (Å²) in [6.07, 6.45) is 0. The zero-order valence-electron chi connectivity index (χ0n) is 16.9. The maximum Gasteiger partial charge on any atom is 0.272 e. The van der Waals surface area contributed by atoms with Crippen LogP contribution >= 0.6 is 0 Å². The zero-order chi connectivity index (χ0) is 22.8. The van der Waals surface area contributed by atoms with Crippen molar-refractivity contribution < 1.29 is 14.0 Å². The summed E-state index contributed by atoms with van der Waals surface area (Å²) in [6, 6.07) is 19.3. The van der Waals surface area contributed by atoms with Crippen molar-refractivity contribution in [3.8, 4) is 0 Å². The molecule has 8 heteroatoms. The molecule has 2 amide bonds. The topological polar surface area (TPSA) is 127 Å². The Hall–Kier alpha value is -4.46. The number of fused-ring (bicyclic) bond motifs is 1. The van der Waals surface area contributed by atoms with E-state index in [9.17, 15) is 14.0 Å². The second-order valence-corrected chi connectivity index (χ2v) is 7.33. The van der Waals surface area contributed by atoms with Gasteiger partial charge in [-0.2, -0.15) is 0 Å². The lowest BCUT2D eigenvalue weighted by Crippen LogP contribution is -2.18. The number of nitrogens with one attached hydrogen (secondary N) is 2. The fourth-order valence-corrected chi connectivity index (χ4v) is 3.47. The molecule has 0 aliphatic carbocycles. The Kier molecular flexibility index (Phi) is 5.43. The van der Waals surface area contributed by atoms with E-state index in [4.69, 9.17) is 16.9 Å². The number of nitrogen functional groups attached to an aromatic ring is 1. The van der Waals surface area contributed by atoms with Gasteiger partial charge in [0, 0.05) is 34.3 Å². The maximum atomic E-state index is 13.2. The maximum absolute atomic E-state index is 13.2. The number of nitrogens with two attached hydrogens (primary N) is 2. The number of hydrogen-bond acceptors (Lipinski definition) is 3. The summed E-state index contributed by atoms with van der Waals surface area (Å²) < 4.78 is 15.0. The lowest BCUT2D eigenvalue weighted by molar-refractivity contribution is 0.0997. The average Bonchev–Trinajstić information content (AvgIpc) is 3.13. The Morgan fingerprint density at radius 2 is 1.56 bits per heavy atom.